The molecule has 0 aliphatic carbocycles. The molecule has 1 aromatic heterocycles. The van der Waals surface area contributed by atoms with E-state index in [0.717, 1.165) is 5.69 Å². The molecule has 74 valence electrons. The number of aromatic nitrogens is 1. The first-order chi connectivity index (χ1) is 6.61. The highest BCUT2D eigenvalue weighted by Gasteiger charge is 2.12. The van der Waals surface area contributed by atoms with E-state index in [1.54, 1.807) is 20.0 Å². The fourth-order valence-electron chi connectivity index (χ4n) is 0.938. The molecule has 0 bridgehead atoms. The van der Waals surface area contributed by atoms with Gasteiger partial charge in [-0.15, -0.1) is 0 Å². The van der Waals surface area contributed by atoms with E-state index < -0.39 is 0 Å². The van der Waals surface area contributed by atoms with Gasteiger partial charge < -0.3 is 4.74 Å². The minimum atomic E-state index is -0.386. The van der Waals surface area contributed by atoms with E-state index in [9.17, 15) is 4.79 Å². The molecule has 1 atom stereocenters. The molecule has 0 amide bonds. The third kappa shape index (κ3) is 2.69. The molecule has 0 radical (unpaired) electrons. The zero-order valence-electron chi connectivity index (χ0n) is 8.36. The molecule has 0 N–H and O–H groups in total. The molecule has 3 heteroatoms. The van der Waals surface area contributed by atoms with Crippen molar-refractivity contribution in [2.45, 2.75) is 20.0 Å². The van der Waals surface area contributed by atoms with Crippen LogP contribution in [0.5, 0.6) is 0 Å². The minimum Gasteiger partial charge on any atom is -0.453 e. The molecule has 0 aliphatic heterocycles. The monoisotopic (exact) mass is 191 g/mol. The Morgan fingerprint density at radius 1 is 1.57 bits per heavy atom. The lowest BCUT2D eigenvalue weighted by atomic mass is 10.2. The van der Waals surface area contributed by atoms with Gasteiger partial charge in [0.2, 0.25) is 0 Å². The third-order valence-electron chi connectivity index (χ3n) is 1.74. The fraction of sp³-hybridized carbons (Fsp3) is 0.273. The lowest BCUT2D eigenvalue weighted by Crippen LogP contribution is -2.10. The predicted octanol–water partition coefficient (Wildman–Crippen LogP) is 2.26. The Bertz CT molecular complexity index is 332. The molecule has 1 aromatic rings. The Kier molecular flexibility index (Phi) is 3.40. The minimum absolute atomic E-state index is 0.333. The fourth-order valence-corrected chi connectivity index (χ4v) is 0.938. The lowest BCUT2D eigenvalue weighted by molar-refractivity contribution is -0.143. The Labute approximate surface area is 83.4 Å². The van der Waals surface area contributed by atoms with Crippen molar-refractivity contribution in [2.24, 2.45) is 0 Å². The van der Waals surface area contributed by atoms with Crippen LogP contribution in [0.25, 0.3) is 0 Å². The third-order valence-corrected chi connectivity index (χ3v) is 1.74. The molecule has 0 saturated carbocycles. The van der Waals surface area contributed by atoms with Gasteiger partial charge in [0.1, 0.15) is 6.10 Å². The molecule has 3 nitrogen and oxygen atoms in total. The smallest absolute Gasteiger partial charge is 0.333 e. The van der Waals surface area contributed by atoms with Crippen molar-refractivity contribution in [3.8, 4) is 0 Å². The molecule has 0 aromatic carbocycles. The van der Waals surface area contributed by atoms with Crippen molar-refractivity contribution in [3.05, 3.63) is 42.2 Å². The summed E-state index contributed by atoms with van der Waals surface area (Å²) in [4.78, 5) is 15.3. The summed E-state index contributed by atoms with van der Waals surface area (Å²) in [5.41, 5.74) is 1.13. The van der Waals surface area contributed by atoms with Crippen molar-refractivity contribution in [3.63, 3.8) is 0 Å². The van der Waals surface area contributed by atoms with E-state index in [1.807, 2.05) is 18.2 Å². The van der Waals surface area contributed by atoms with Gasteiger partial charge in [-0.1, -0.05) is 12.6 Å². The van der Waals surface area contributed by atoms with Crippen LogP contribution >= 0.6 is 0 Å². The maximum absolute atomic E-state index is 11.2. The van der Waals surface area contributed by atoms with Crippen molar-refractivity contribution in [1.29, 1.82) is 0 Å². The number of nitrogens with zero attached hydrogens (tertiary/aromatic N) is 1. The maximum atomic E-state index is 11.2. The van der Waals surface area contributed by atoms with E-state index in [2.05, 4.69) is 11.6 Å². The second-order valence-electron chi connectivity index (χ2n) is 3.08. The largest absolute Gasteiger partial charge is 0.453 e. The van der Waals surface area contributed by atoms with Gasteiger partial charge in [0.15, 0.2) is 0 Å². The lowest BCUT2D eigenvalue weighted by Gasteiger charge is -2.11. The van der Waals surface area contributed by atoms with Gasteiger partial charge in [-0.3, -0.25) is 4.98 Å². The number of esters is 1. The second-order valence-corrected chi connectivity index (χ2v) is 3.08. The summed E-state index contributed by atoms with van der Waals surface area (Å²) in [5.74, 6) is -0.386. The van der Waals surface area contributed by atoms with E-state index in [0.29, 0.717) is 5.57 Å². The SMILES string of the molecule is C=C(C)C(=O)OC(C)c1ccccn1. The number of carbonyl (C=O) groups excluding carboxylic acids is 1. The van der Waals surface area contributed by atoms with Crippen LogP contribution in [0, 0.1) is 0 Å². The summed E-state index contributed by atoms with van der Waals surface area (Å²) in [6.45, 7) is 6.91. The number of rotatable bonds is 3. The number of hydrogen-bond acceptors (Lipinski definition) is 3. The summed E-state index contributed by atoms with van der Waals surface area (Å²) < 4.78 is 5.10. The first-order valence-corrected chi connectivity index (χ1v) is 4.38. The normalized spacial score (nSPS) is 11.9. The van der Waals surface area contributed by atoms with Crippen molar-refractivity contribution >= 4 is 5.97 Å². The molecule has 0 aliphatic rings. The quantitative estimate of drug-likeness (QED) is 0.543. The average Bonchev–Trinajstić information content (AvgIpc) is 2.19. The Morgan fingerprint density at radius 3 is 2.79 bits per heavy atom. The first kappa shape index (κ1) is 10.4. The van der Waals surface area contributed by atoms with Crippen LogP contribution in [-0.4, -0.2) is 11.0 Å². The number of carbonyl (C=O) groups is 1. The molecule has 1 heterocycles. The zero-order valence-corrected chi connectivity index (χ0v) is 8.36. The van der Waals surface area contributed by atoms with Crippen molar-refractivity contribution in [1.82, 2.24) is 4.98 Å². The van der Waals surface area contributed by atoms with Gasteiger partial charge in [0.05, 0.1) is 5.69 Å². The predicted molar refractivity (Wildman–Crippen MR) is 53.6 cm³/mol. The standard InChI is InChI=1S/C11H13NO2/c1-8(2)11(13)14-9(3)10-6-4-5-7-12-10/h4-7,9H,1H2,2-3H3. The van der Waals surface area contributed by atoms with Gasteiger partial charge in [-0.2, -0.15) is 0 Å². The molecule has 0 spiro atoms. The Balaban J connectivity index is 2.64. The molecule has 14 heavy (non-hydrogen) atoms. The van der Waals surface area contributed by atoms with Gasteiger partial charge in [0.25, 0.3) is 0 Å². The van der Waals surface area contributed by atoms with Gasteiger partial charge >= 0.3 is 5.97 Å². The van der Waals surface area contributed by atoms with E-state index in [-0.39, 0.29) is 12.1 Å². The van der Waals surface area contributed by atoms with E-state index in [4.69, 9.17) is 4.74 Å². The van der Waals surface area contributed by atoms with Crippen molar-refractivity contribution in [2.75, 3.05) is 0 Å². The van der Waals surface area contributed by atoms with E-state index in [1.165, 1.54) is 0 Å². The number of pyridine rings is 1. The van der Waals surface area contributed by atoms with Gasteiger partial charge in [0, 0.05) is 11.8 Å². The van der Waals surface area contributed by atoms with Crippen LogP contribution in [0.1, 0.15) is 25.6 Å². The summed E-state index contributed by atoms with van der Waals surface area (Å²) in [6, 6.07) is 5.49. The van der Waals surface area contributed by atoms with Crippen molar-refractivity contribution < 1.29 is 9.53 Å². The summed E-state index contributed by atoms with van der Waals surface area (Å²) in [5, 5.41) is 0. The maximum Gasteiger partial charge on any atom is 0.333 e. The second kappa shape index (κ2) is 4.56. The molecule has 1 rings (SSSR count). The average molecular weight is 191 g/mol. The van der Waals surface area contributed by atoms with E-state index >= 15 is 0 Å². The van der Waals surface area contributed by atoms with Crippen LogP contribution in [0.4, 0.5) is 0 Å². The van der Waals surface area contributed by atoms with Crippen LogP contribution in [0.2, 0.25) is 0 Å². The molecule has 0 saturated heterocycles. The van der Waals surface area contributed by atoms with Crippen LogP contribution in [0.3, 0.4) is 0 Å². The van der Waals surface area contributed by atoms with Gasteiger partial charge in [-0.25, -0.2) is 4.79 Å². The molecular weight excluding hydrogens is 178 g/mol. The molecule has 1 unspecified atom stereocenters. The first-order valence-electron chi connectivity index (χ1n) is 4.38. The molecule has 0 fully saturated rings. The highest BCUT2D eigenvalue weighted by atomic mass is 16.5. The number of hydrogen-bond donors (Lipinski definition) is 0. The highest BCUT2D eigenvalue weighted by Crippen LogP contribution is 2.14. The number of ether oxygens (including phenoxy) is 1. The highest BCUT2D eigenvalue weighted by molar-refractivity contribution is 5.87. The topological polar surface area (TPSA) is 39.2 Å². The zero-order chi connectivity index (χ0) is 10.6. The Hall–Kier alpha value is -1.64. The Morgan fingerprint density at radius 2 is 2.29 bits per heavy atom. The summed E-state index contributed by atoms with van der Waals surface area (Å²) >= 11 is 0. The van der Waals surface area contributed by atoms with Gasteiger partial charge in [-0.05, 0) is 26.0 Å². The molecular formula is C11H13NO2. The van der Waals surface area contributed by atoms with Crippen LogP contribution < -0.4 is 0 Å². The summed E-state index contributed by atoms with van der Waals surface area (Å²) in [6.07, 6.45) is 1.33. The van der Waals surface area contributed by atoms with Crippen LogP contribution in [0.15, 0.2) is 36.5 Å². The summed E-state index contributed by atoms with van der Waals surface area (Å²) in [7, 11) is 0. The van der Waals surface area contributed by atoms with Crippen LogP contribution in [-0.2, 0) is 9.53 Å².